The average Bonchev–Trinajstić information content (AvgIpc) is 2.93. The van der Waals surface area contributed by atoms with Gasteiger partial charge in [-0.05, 0) is 25.3 Å². The highest BCUT2D eigenvalue weighted by Gasteiger charge is 2.30. The molecule has 104 valence electrons. The molecule has 2 atom stereocenters. The van der Waals surface area contributed by atoms with Gasteiger partial charge < -0.3 is 15.2 Å². The third kappa shape index (κ3) is 3.52. The molecule has 0 bridgehead atoms. The smallest absolute Gasteiger partial charge is 0.193 e. The normalized spacial score (nSPS) is 22.4. The molecule has 19 heavy (non-hydrogen) atoms. The lowest BCUT2D eigenvalue weighted by atomic mass is 10.1. The van der Waals surface area contributed by atoms with Crippen LogP contribution in [0.4, 0.5) is 0 Å². The fourth-order valence-electron chi connectivity index (χ4n) is 2.11. The Morgan fingerprint density at radius 1 is 1.53 bits per heavy atom. The van der Waals surface area contributed by atoms with Crippen LogP contribution in [0.2, 0.25) is 0 Å². The Hall–Kier alpha value is -1.46. The lowest BCUT2D eigenvalue weighted by Crippen LogP contribution is -2.25. The monoisotopic (exact) mass is 264 g/mol. The summed E-state index contributed by atoms with van der Waals surface area (Å²) in [6, 6.07) is 1.73. The number of nitrogens with two attached hydrogens (primary N) is 1. The summed E-state index contributed by atoms with van der Waals surface area (Å²) < 4.78 is 11.1. The second-order valence-corrected chi connectivity index (χ2v) is 4.68. The van der Waals surface area contributed by atoms with Crippen molar-refractivity contribution in [3.8, 4) is 5.75 Å². The summed E-state index contributed by atoms with van der Waals surface area (Å²) in [6.07, 6.45) is 5.26. The Balaban J connectivity index is 2.02. The molecule has 0 radical (unpaired) electrons. The van der Waals surface area contributed by atoms with Crippen LogP contribution in [0.1, 0.15) is 36.5 Å². The van der Waals surface area contributed by atoms with E-state index in [0.29, 0.717) is 24.5 Å². The number of nitrogens with zero attached hydrogens (tertiary/aromatic N) is 1. The molecule has 1 fully saturated rings. The maximum absolute atomic E-state index is 12.3. The Morgan fingerprint density at radius 2 is 2.37 bits per heavy atom. The van der Waals surface area contributed by atoms with Crippen LogP contribution in [0.5, 0.6) is 5.75 Å². The van der Waals surface area contributed by atoms with E-state index >= 15 is 0 Å². The summed E-state index contributed by atoms with van der Waals surface area (Å²) in [7, 11) is 0. The fraction of sp³-hybridized carbons (Fsp3) is 0.571. The summed E-state index contributed by atoms with van der Waals surface area (Å²) in [5, 5.41) is 0. The van der Waals surface area contributed by atoms with E-state index in [2.05, 4.69) is 4.98 Å². The molecule has 0 spiro atoms. The highest BCUT2D eigenvalue weighted by atomic mass is 16.5. The molecule has 0 saturated carbocycles. The van der Waals surface area contributed by atoms with Crippen LogP contribution in [0.3, 0.4) is 0 Å². The zero-order chi connectivity index (χ0) is 13.7. The van der Waals surface area contributed by atoms with Crippen molar-refractivity contribution in [2.24, 2.45) is 5.73 Å². The molecule has 1 saturated heterocycles. The molecule has 2 unspecified atom stereocenters. The number of hydrogen-bond acceptors (Lipinski definition) is 5. The number of aromatic nitrogens is 1. The van der Waals surface area contributed by atoms with E-state index in [9.17, 15) is 4.79 Å². The van der Waals surface area contributed by atoms with Gasteiger partial charge in [-0.15, -0.1) is 0 Å². The molecule has 0 aliphatic carbocycles. The largest absolute Gasteiger partial charge is 0.492 e. The van der Waals surface area contributed by atoms with Crippen LogP contribution in [0.15, 0.2) is 18.5 Å². The molecule has 0 amide bonds. The average molecular weight is 264 g/mol. The molecule has 1 aromatic heterocycles. The van der Waals surface area contributed by atoms with Crippen LogP contribution < -0.4 is 10.5 Å². The van der Waals surface area contributed by atoms with Gasteiger partial charge in [0.25, 0.3) is 0 Å². The van der Waals surface area contributed by atoms with Crippen molar-refractivity contribution in [1.29, 1.82) is 0 Å². The predicted molar refractivity (Wildman–Crippen MR) is 71.3 cm³/mol. The van der Waals surface area contributed by atoms with Gasteiger partial charge in [0.1, 0.15) is 11.9 Å². The molecule has 2 heterocycles. The summed E-state index contributed by atoms with van der Waals surface area (Å²) >= 11 is 0. The molecule has 5 nitrogen and oxygen atoms in total. The third-order valence-corrected chi connectivity index (χ3v) is 3.13. The van der Waals surface area contributed by atoms with Crippen LogP contribution in [-0.4, -0.2) is 36.1 Å². The van der Waals surface area contributed by atoms with E-state index in [0.717, 1.165) is 19.3 Å². The Kier molecular flexibility index (Phi) is 4.87. The molecule has 2 rings (SSSR count). The van der Waals surface area contributed by atoms with Gasteiger partial charge in [0.15, 0.2) is 5.78 Å². The first-order valence-electron chi connectivity index (χ1n) is 6.72. The van der Waals surface area contributed by atoms with Gasteiger partial charge in [-0.3, -0.25) is 9.78 Å². The molecule has 1 aliphatic heterocycles. The first kappa shape index (κ1) is 14.0. The highest BCUT2D eigenvalue weighted by Crippen LogP contribution is 2.23. The maximum atomic E-state index is 12.3. The summed E-state index contributed by atoms with van der Waals surface area (Å²) in [4.78, 5) is 16.3. The number of rotatable bonds is 6. The lowest BCUT2D eigenvalue weighted by molar-refractivity contribution is 0.0403. The van der Waals surface area contributed by atoms with E-state index in [1.54, 1.807) is 18.5 Å². The SMILES string of the molecule is CCCOc1cncc(C(=O)C2CCC(CN)O2)c1. The van der Waals surface area contributed by atoms with Crippen molar-refractivity contribution >= 4 is 5.78 Å². The van der Waals surface area contributed by atoms with E-state index in [-0.39, 0.29) is 11.9 Å². The van der Waals surface area contributed by atoms with Crippen molar-refractivity contribution in [3.05, 3.63) is 24.0 Å². The van der Waals surface area contributed by atoms with Crippen LogP contribution in [0.25, 0.3) is 0 Å². The minimum atomic E-state index is -0.392. The van der Waals surface area contributed by atoms with Gasteiger partial charge in [-0.1, -0.05) is 6.92 Å². The minimum Gasteiger partial charge on any atom is -0.492 e. The highest BCUT2D eigenvalue weighted by molar-refractivity contribution is 5.99. The van der Waals surface area contributed by atoms with Crippen LogP contribution in [0, 0.1) is 0 Å². The molecule has 0 aromatic carbocycles. The van der Waals surface area contributed by atoms with Gasteiger partial charge in [0.05, 0.1) is 18.9 Å². The molecule has 1 aromatic rings. The van der Waals surface area contributed by atoms with E-state index in [4.69, 9.17) is 15.2 Å². The summed E-state index contributed by atoms with van der Waals surface area (Å²) in [5.41, 5.74) is 6.08. The van der Waals surface area contributed by atoms with Gasteiger partial charge in [0, 0.05) is 18.3 Å². The maximum Gasteiger partial charge on any atom is 0.193 e. The second kappa shape index (κ2) is 6.63. The van der Waals surface area contributed by atoms with Crippen molar-refractivity contribution < 1.29 is 14.3 Å². The number of carbonyl (C=O) groups is 1. The third-order valence-electron chi connectivity index (χ3n) is 3.13. The number of Topliss-reactive ketones (excluding diaryl/α,β-unsaturated/α-hetero) is 1. The van der Waals surface area contributed by atoms with Crippen molar-refractivity contribution in [2.45, 2.75) is 38.4 Å². The van der Waals surface area contributed by atoms with Crippen molar-refractivity contribution in [2.75, 3.05) is 13.2 Å². The van der Waals surface area contributed by atoms with Crippen LogP contribution >= 0.6 is 0 Å². The Bertz CT molecular complexity index is 436. The van der Waals surface area contributed by atoms with Gasteiger partial charge in [-0.2, -0.15) is 0 Å². The van der Waals surface area contributed by atoms with Gasteiger partial charge in [-0.25, -0.2) is 0 Å². The Labute approximate surface area is 113 Å². The molecular formula is C14H20N2O3. The predicted octanol–water partition coefficient (Wildman–Crippen LogP) is 1.56. The van der Waals surface area contributed by atoms with Crippen molar-refractivity contribution in [1.82, 2.24) is 4.98 Å². The number of carbonyl (C=O) groups excluding carboxylic acids is 1. The minimum absolute atomic E-state index is 0.00133. The lowest BCUT2D eigenvalue weighted by Gasteiger charge is -2.12. The fourth-order valence-corrected chi connectivity index (χ4v) is 2.11. The Morgan fingerprint density at radius 3 is 3.05 bits per heavy atom. The zero-order valence-electron chi connectivity index (χ0n) is 11.2. The number of hydrogen-bond donors (Lipinski definition) is 1. The van der Waals surface area contributed by atoms with E-state index in [1.165, 1.54) is 0 Å². The van der Waals surface area contributed by atoms with E-state index < -0.39 is 6.10 Å². The first-order valence-corrected chi connectivity index (χ1v) is 6.72. The van der Waals surface area contributed by atoms with E-state index in [1.807, 2.05) is 6.92 Å². The molecular weight excluding hydrogens is 244 g/mol. The van der Waals surface area contributed by atoms with Gasteiger partial charge >= 0.3 is 0 Å². The van der Waals surface area contributed by atoms with Crippen LogP contribution in [-0.2, 0) is 4.74 Å². The quantitative estimate of drug-likeness (QED) is 0.789. The standard InChI is InChI=1S/C14H20N2O3/c1-2-5-18-12-6-10(8-16-9-12)14(17)13-4-3-11(7-15)19-13/h6,8-9,11,13H,2-5,7,15H2,1H3. The molecule has 1 aliphatic rings. The second-order valence-electron chi connectivity index (χ2n) is 4.68. The topological polar surface area (TPSA) is 74.4 Å². The van der Waals surface area contributed by atoms with Gasteiger partial charge in [0.2, 0.25) is 0 Å². The molecule has 5 heteroatoms. The number of ether oxygens (including phenoxy) is 2. The number of pyridine rings is 1. The zero-order valence-corrected chi connectivity index (χ0v) is 11.2. The molecule has 2 N–H and O–H groups in total. The summed E-state index contributed by atoms with van der Waals surface area (Å²) in [6.45, 7) is 3.11. The number of ketones is 1. The van der Waals surface area contributed by atoms with Crippen molar-refractivity contribution in [3.63, 3.8) is 0 Å². The summed E-state index contributed by atoms with van der Waals surface area (Å²) in [5.74, 6) is 0.589. The first-order chi connectivity index (χ1) is 9.24.